The maximum atomic E-state index is 8.91. The van der Waals surface area contributed by atoms with Gasteiger partial charge in [-0.2, -0.15) is 0 Å². The third-order valence-electron chi connectivity index (χ3n) is 2.30. The Hall–Kier alpha value is -1.72. The Kier molecular flexibility index (Phi) is 2.98. The highest BCUT2D eigenvalue weighted by Gasteiger charge is 2.16. The lowest BCUT2D eigenvalue weighted by atomic mass is 9.87. The van der Waals surface area contributed by atoms with Gasteiger partial charge in [0.05, 0.1) is 13.4 Å². The monoisotopic (exact) mass is 218 g/mol. The van der Waals surface area contributed by atoms with E-state index >= 15 is 0 Å². The average molecular weight is 218 g/mol. The zero-order chi connectivity index (χ0) is 11.5. The molecule has 2 rings (SSSR count). The maximum Gasteiger partial charge on any atom is 0.526 e. The molecule has 0 fully saturated rings. The van der Waals surface area contributed by atoms with Crippen LogP contribution in [0.25, 0.3) is 11.1 Å². The zero-order valence-electron chi connectivity index (χ0n) is 8.75. The van der Waals surface area contributed by atoms with Gasteiger partial charge in [-0.1, -0.05) is 12.1 Å². The highest BCUT2D eigenvalue weighted by atomic mass is 16.5. The van der Waals surface area contributed by atoms with E-state index in [1.165, 1.54) is 6.26 Å². The number of methoxy groups -OCH3 is 1. The van der Waals surface area contributed by atoms with Crippen LogP contribution in [-0.2, 0) is 0 Å². The molecule has 5 heteroatoms. The molecule has 0 bridgehead atoms. The summed E-state index contributed by atoms with van der Waals surface area (Å²) in [5, 5.41) is 17.8. The summed E-state index contributed by atoms with van der Waals surface area (Å²) in [4.78, 5) is 0. The number of rotatable bonds is 3. The van der Waals surface area contributed by atoms with Crippen molar-refractivity contribution in [2.24, 2.45) is 0 Å². The molecule has 16 heavy (non-hydrogen) atoms. The van der Waals surface area contributed by atoms with Gasteiger partial charge < -0.3 is 19.2 Å². The third-order valence-corrected chi connectivity index (χ3v) is 2.30. The molecule has 0 saturated heterocycles. The molecule has 82 valence electrons. The first-order chi connectivity index (χ1) is 7.70. The molecule has 0 saturated carbocycles. The SMILES string of the molecule is COc1ccc(-c2coc(B(O)O)c2)cc1. The van der Waals surface area contributed by atoms with E-state index in [9.17, 15) is 0 Å². The lowest BCUT2D eigenvalue weighted by Gasteiger charge is -2.00. The molecule has 0 aliphatic carbocycles. The van der Waals surface area contributed by atoms with E-state index in [0.29, 0.717) is 0 Å². The quantitative estimate of drug-likeness (QED) is 0.742. The molecule has 0 radical (unpaired) electrons. The molecule has 0 unspecified atom stereocenters. The van der Waals surface area contributed by atoms with Gasteiger partial charge in [-0.3, -0.25) is 0 Å². The Labute approximate surface area is 93.2 Å². The number of furan rings is 1. The smallest absolute Gasteiger partial charge is 0.497 e. The van der Waals surface area contributed by atoms with Gasteiger partial charge in [-0.05, 0) is 23.8 Å². The van der Waals surface area contributed by atoms with Crippen LogP contribution in [0.4, 0.5) is 0 Å². The van der Waals surface area contributed by atoms with E-state index in [1.54, 1.807) is 13.2 Å². The third kappa shape index (κ3) is 2.10. The van der Waals surface area contributed by atoms with Crippen LogP contribution < -0.4 is 10.4 Å². The largest absolute Gasteiger partial charge is 0.526 e. The van der Waals surface area contributed by atoms with Crippen molar-refractivity contribution in [2.75, 3.05) is 7.11 Å². The molecule has 1 heterocycles. The number of hydrogen-bond acceptors (Lipinski definition) is 4. The highest BCUT2D eigenvalue weighted by Crippen LogP contribution is 2.21. The zero-order valence-corrected chi connectivity index (χ0v) is 8.75. The van der Waals surface area contributed by atoms with Gasteiger partial charge in [0.15, 0.2) is 0 Å². The summed E-state index contributed by atoms with van der Waals surface area (Å²) in [6.07, 6.45) is 1.48. The summed E-state index contributed by atoms with van der Waals surface area (Å²) in [6, 6.07) is 9.00. The van der Waals surface area contributed by atoms with E-state index in [-0.39, 0.29) is 5.66 Å². The first kappa shape index (κ1) is 10.8. The fourth-order valence-corrected chi connectivity index (χ4v) is 1.42. The van der Waals surface area contributed by atoms with Gasteiger partial charge in [-0.25, -0.2) is 0 Å². The lowest BCUT2D eigenvalue weighted by molar-refractivity contribution is 0.409. The van der Waals surface area contributed by atoms with Crippen LogP contribution in [0, 0.1) is 0 Å². The Morgan fingerprint density at radius 2 is 1.81 bits per heavy atom. The first-order valence-electron chi connectivity index (χ1n) is 4.79. The number of benzene rings is 1. The van der Waals surface area contributed by atoms with Crippen molar-refractivity contribution >= 4 is 12.8 Å². The topological polar surface area (TPSA) is 62.8 Å². The Balaban J connectivity index is 2.28. The molecule has 2 N–H and O–H groups in total. The van der Waals surface area contributed by atoms with Gasteiger partial charge in [0.25, 0.3) is 0 Å². The summed E-state index contributed by atoms with van der Waals surface area (Å²) in [5.74, 6) is 0.773. The molecular formula is C11H11BO4. The van der Waals surface area contributed by atoms with Crippen LogP contribution in [0.2, 0.25) is 0 Å². The summed E-state index contributed by atoms with van der Waals surface area (Å²) < 4.78 is 10.1. The van der Waals surface area contributed by atoms with Gasteiger partial charge in [0.2, 0.25) is 0 Å². The molecule has 0 aliphatic heterocycles. The van der Waals surface area contributed by atoms with E-state index in [2.05, 4.69) is 0 Å². The van der Waals surface area contributed by atoms with Crippen LogP contribution in [0.3, 0.4) is 0 Å². The van der Waals surface area contributed by atoms with E-state index in [4.69, 9.17) is 19.2 Å². The summed E-state index contributed by atoms with van der Waals surface area (Å²) in [6.45, 7) is 0. The normalized spacial score (nSPS) is 10.2. The van der Waals surface area contributed by atoms with Crippen molar-refractivity contribution < 1.29 is 19.2 Å². The fourth-order valence-electron chi connectivity index (χ4n) is 1.42. The Morgan fingerprint density at radius 3 is 2.31 bits per heavy atom. The second-order valence-electron chi connectivity index (χ2n) is 3.34. The first-order valence-corrected chi connectivity index (χ1v) is 4.79. The number of ether oxygens (including phenoxy) is 1. The standard InChI is InChI=1S/C11H11BO4/c1-15-10-4-2-8(3-5-10)9-6-11(12(13)14)16-7-9/h2-7,13-14H,1H3. The van der Waals surface area contributed by atoms with Crippen molar-refractivity contribution in [1.29, 1.82) is 0 Å². The molecule has 2 aromatic rings. The van der Waals surface area contributed by atoms with E-state index < -0.39 is 7.12 Å². The molecule has 1 aromatic carbocycles. The van der Waals surface area contributed by atoms with E-state index in [0.717, 1.165) is 16.9 Å². The highest BCUT2D eigenvalue weighted by molar-refractivity contribution is 6.57. The van der Waals surface area contributed by atoms with Gasteiger partial charge in [0.1, 0.15) is 11.4 Å². The van der Waals surface area contributed by atoms with Crippen molar-refractivity contribution in [3.05, 3.63) is 36.6 Å². The van der Waals surface area contributed by atoms with Gasteiger partial charge in [0, 0.05) is 5.56 Å². The second-order valence-corrected chi connectivity index (χ2v) is 3.34. The summed E-state index contributed by atoms with van der Waals surface area (Å²) in [5.41, 5.74) is 1.85. The fraction of sp³-hybridized carbons (Fsp3) is 0.0909. The Morgan fingerprint density at radius 1 is 1.12 bits per heavy atom. The second kappa shape index (κ2) is 4.43. The van der Waals surface area contributed by atoms with Crippen molar-refractivity contribution in [3.63, 3.8) is 0 Å². The molecule has 0 atom stereocenters. The predicted octanol–water partition coefficient (Wildman–Crippen LogP) is 0.635. The molecule has 1 aromatic heterocycles. The van der Waals surface area contributed by atoms with Crippen molar-refractivity contribution in [1.82, 2.24) is 0 Å². The minimum absolute atomic E-state index is 0.130. The molecule has 0 spiro atoms. The molecule has 0 aliphatic rings. The lowest BCUT2D eigenvalue weighted by Crippen LogP contribution is -2.27. The number of hydrogen-bond donors (Lipinski definition) is 2. The molecule has 0 amide bonds. The van der Waals surface area contributed by atoms with Gasteiger partial charge in [-0.15, -0.1) is 0 Å². The summed E-state index contributed by atoms with van der Waals surface area (Å²) in [7, 11) is 0.0274. The van der Waals surface area contributed by atoms with Crippen molar-refractivity contribution in [2.45, 2.75) is 0 Å². The summed E-state index contributed by atoms with van der Waals surface area (Å²) >= 11 is 0. The van der Waals surface area contributed by atoms with Crippen LogP contribution in [-0.4, -0.2) is 24.3 Å². The van der Waals surface area contributed by atoms with Crippen LogP contribution in [0.5, 0.6) is 5.75 Å². The Bertz CT molecular complexity index is 461. The van der Waals surface area contributed by atoms with E-state index in [1.807, 2.05) is 24.3 Å². The van der Waals surface area contributed by atoms with Crippen LogP contribution >= 0.6 is 0 Å². The minimum atomic E-state index is -1.58. The molecule has 4 nitrogen and oxygen atoms in total. The maximum absolute atomic E-state index is 8.91. The van der Waals surface area contributed by atoms with Crippen LogP contribution in [0.1, 0.15) is 0 Å². The van der Waals surface area contributed by atoms with Gasteiger partial charge >= 0.3 is 7.12 Å². The predicted molar refractivity (Wildman–Crippen MR) is 60.5 cm³/mol. The van der Waals surface area contributed by atoms with Crippen molar-refractivity contribution in [3.8, 4) is 16.9 Å². The molecular weight excluding hydrogens is 207 g/mol. The minimum Gasteiger partial charge on any atom is -0.497 e. The van der Waals surface area contributed by atoms with Crippen LogP contribution in [0.15, 0.2) is 41.0 Å². The average Bonchev–Trinajstić information content (AvgIpc) is 2.78.